The summed E-state index contributed by atoms with van der Waals surface area (Å²) < 4.78 is 1.99. The molecule has 1 aliphatic carbocycles. The van der Waals surface area contributed by atoms with E-state index in [2.05, 4.69) is 34.7 Å². The second-order valence-electron chi connectivity index (χ2n) is 7.37. The standard InChI is InChI=1S/C20H32N6.HI/c1-3-21-20(23-16(2)12-13-17-9-5-4-6-10-17)22-15-19-25-24-18-11-7-8-14-26(18)19;/h7-8,11,14,16-17H,3-6,9-10,12-13,15H2,1-2H3,(H2,21,22,23);1H. The summed E-state index contributed by atoms with van der Waals surface area (Å²) in [6, 6.07) is 6.33. The van der Waals surface area contributed by atoms with Gasteiger partial charge >= 0.3 is 0 Å². The first-order valence-corrected chi connectivity index (χ1v) is 10.1. The predicted octanol–water partition coefficient (Wildman–Crippen LogP) is 4.15. The Morgan fingerprint density at radius 1 is 1.26 bits per heavy atom. The van der Waals surface area contributed by atoms with Gasteiger partial charge in [0.2, 0.25) is 0 Å². The fourth-order valence-corrected chi connectivity index (χ4v) is 3.74. The minimum Gasteiger partial charge on any atom is -0.357 e. The van der Waals surface area contributed by atoms with Crippen LogP contribution >= 0.6 is 24.0 Å². The van der Waals surface area contributed by atoms with E-state index in [0.717, 1.165) is 29.9 Å². The zero-order valence-corrected chi connectivity index (χ0v) is 18.9. The third-order valence-electron chi connectivity index (χ3n) is 5.22. The van der Waals surface area contributed by atoms with Gasteiger partial charge in [0.25, 0.3) is 0 Å². The molecule has 0 radical (unpaired) electrons. The zero-order chi connectivity index (χ0) is 18.2. The number of hydrogen-bond donors (Lipinski definition) is 2. The second kappa shape index (κ2) is 11.5. The molecule has 1 atom stereocenters. The van der Waals surface area contributed by atoms with Gasteiger partial charge in [-0.1, -0.05) is 38.2 Å². The Bertz CT molecular complexity index is 707. The van der Waals surface area contributed by atoms with Crippen molar-refractivity contribution in [3.63, 3.8) is 0 Å². The molecule has 1 aliphatic rings. The fourth-order valence-electron chi connectivity index (χ4n) is 3.74. The van der Waals surface area contributed by atoms with E-state index in [1.807, 2.05) is 28.8 Å². The van der Waals surface area contributed by atoms with E-state index < -0.39 is 0 Å². The highest BCUT2D eigenvalue weighted by Crippen LogP contribution is 2.27. The Morgan fingerprint density at radius 3 is 2.85 bits per heavy atom. The Balaban J connectivity index is 0.00000261. The average molecular weight is 484 g/mol. The SMILES string of the molecule is CCNC(=NCc1nnc2ccccn12)NC(C)CCC1CCCCC1.I. The molecule has 1 fully saturated rings. The van der Waals surface area contributed by atoms with Crippen molar-refractivity contribution in [1.29, 1.82) is 0 Å². The van der Waals surface area contributed by atoms with Crippen molar-refractivity contribution < 1.29 is 0 Å². The van der Waals surface area contributed by atoms with E-state index in [1.54, 1.807) is 0 Å². The Kier molecular flexibility index (Phi) is 9.30. The molecule has 3 rings (SSSR count). The first kappa shape index (κ1) is 21.9. The van der Waals surface area contributed by atoms with Crippen molar-refractivity contribution in [2.75, 3.05) is 6.54 Å². The first-order chi connectivity index (χ1) is 12.8. The average Bonchev–Trinajstić information content (AvgIpc) is 3.09. The number of aliphatic imine (C=N–C) groups is 1. The van der Waals surface area contributed by atoms with Crippen LogP contribution in [0.25, 0.3) is 5.65 Å². The molecule has 1 unspecified atom stereocenters. The summed E-state index contributed by atoms with van der Waals surface area (Å²) in [5.74, 6) is 2.64. The smallest absolute Gasteiger partial charge is 0.191 e. The van der Waals surface area contributed by atoms with Gasteiger partial charge in [-0.25, -0.2) is 4.99 Å². The number of pyridine rings is 1. The minimum absolute atomic E-state index is 0. The van der Waals surface area contributed by atoms with Crippen molar-refractivity contribution in [2.45, 2.75) is 71.4 Å². The van der Waals surface area contributed by atoms with Crippen molar-refractivity contribution >= 4 is 35.6 Å². The van der Waals surface area contributed by atoms with Crippen molar-refractivity contribution in [2.24, 2.45) is 10.9 Å². The molecule has 0 aromatic carbocycles. The molecule has 150 valence electrons. The fraction of sp³-hybridized carbons (Fsp3) is 0.650. The number of rotatable bonds is 7. The van der Waals surface area contributed by atoms with Crippen LogP contribution in [-0.2, 0) is 6.54 Å². The molecular weight excluding hydrogens is 451 g/mol. The minimum atomic E-state index is 0. The molecule has 2 aromatic heterocycles. The lowest BCUT2D eigenvalue weighted by molar-refractivity contribution is 0.322. The number of hydrogen-bond acceptors (Lipinski definition) is 3. The maximum absolute atomic E-state index is 4.71. The van der Waals surface area contributed by atoms with Crippen molar-refractivity contribution in [3.05, 3.63) is 30.2 Å². The summed E-state index contributed by atoms with van der Waals surface area (Å²) in [6.07, 6.45) is 11.6. The summed E-state index contributed by atoms with van der Waals surface area (Å²) in [5.41, 5.74) is 0.858. The van der Waals surface area contributed by atoms with Crippen LogP contribution in [0.4, 0.5) is 0 Å². The monoisotopic (exact) mass is 484 g/mol. The third kappa shape index (κ3) is 6.62. The summed E-state index contributed by atoms with van der Waals surface area (Å²) in [4.78, 5) is 4.71. The normalized spacial score (nSPS) is 16.7. The van der Waals surface area contributed by atoms with E-state index in [-0.39, 0.29) is 24.0 Å². The van der Waals surface area contributed by atoms with Crippen LogP contribution in [-0.4, -0.2) is 33.1 Å². The largest absolute Gasteiger partial charge is 0.357 e. The topological polar surface area (TPSA) is 66.6 Å². The van der Waals surface area contributed by atoms with Gasteiger partial charge in [0, 0.05) is 18.8 Å². The summed E-state index contributed by atoms with van der Waals surface area (Å²) in [6.45, 7) is 5.70. The lowest BCUT2D eigenvalue weighted by Crippen LogP contribution is -2.42. The zero-order valence-electron chi connectivity index (χ0n) is 16.5. The molecule has 0 spiro atoms. The van der Waals surface area contributed by atoms with Crippen molar-refractivity contribution in [3.8, 4) is 0 Å². The van der Waals surface area contributed by atoms with E-state index in [9.17, 15) is 0 Å². The van der Waals surface area contributed by atoms with Crippen molar-refractivity contribution in [1.82, 2.24) is 25.2 Å². The number of halogens is 1. The quantitative estimate of drug-likeness (QED) is 0.352. The van der Waals surface area contributed by atoms with Crippen LogP contribution in [0.2, 0.25) is 0 Å². The Hall–Kier alpha value is -1.38. The van der Waals surface area contributed by atoms with Gasteiger partial charge in [-0.2, -0.15) is 0 Å². The Morgan fingerprint density at radius 2 is 2.07 bits per heavy atom. The predicted molar refractivity (Wildman–Crippen MR) is 122 cm³/mol. The van der Waals surface area contributed by atoms with E-state index >= 15 is 0 Å². The summed E-state index contributed by atoms with van der Waals surface area (Å²) in [7, 11) is 0. The van der Waals surface area contributed by atoms with E-state index in [1.165, 1.54) is 44.9 Å². The van der Waals surface area contributed by atoms with Gasteiger partial charge in [0.15, 0.2) is 17.4 Å². The molecule has 2 aromatic rings. The molecular formula is C20H33IN6. The first-order valence-electron chi connectivity index (χ1n) is 10.1. The highest BCUT2D eigenvalue weighted by atomic mass is 127. The maximum Gasteiger partial charge on any atom is 0.191 e. The molecule has 6 nitrogen and oxygen atoms in total. The number of nitrogens with zero attached hydrogens (tertiary/aromatic N) is 4. The van der Waals surface area contributed by atoms with Gasteiger partial charge in [-0.3, -0.25) is 4.40 Å². The molecule has 0 bridgehead atoms. The highest BCUT2D eigenvalue weighted by molar-refractivity contribution is 14.0. The molecule has 2 N–H and O–H groups in total. The van der Waals surface area contributed by atoms with Gasteiger partial charge in [-0.15, -0.1) is 34.2 Å². The van der Waals surface area contributed by atoms with Crippen LogP contribution < -0.4 is 10.6 Å². The lowest BCUT2D eigenvalue weighted by atomic mass is 9.85. The third-order valence-corrected chi connectivity index (χ3v) is 5.22. The van der Waals surface area contributed by atoms with Crippen LogP contribution in [0.5, 0.6) is 0 Å². The lowest BCUT2D eigenvalue weighted by Gasteiger charge is -2.24. The maximum atomic E-state index is 4.71. The number of aromatic nitrogens is 3. The van der Waals surface area contributed by atoms with Gasteiger partial charge in [0.1, 0.15) is 6.54 Å². The van der Waals surface area contributed by atoms with Crippen LogP contribution in [0.3, 0.4) is 0 Å². The van der Waals surface area contributed by atoms with Gasteiger partial charge in [-0.05, 0) is 44.7 Å². The number of fused-ring (bicyclic) bond motifs is 1. The molecule has 7 heteroatoms. The van der Waals surface area contributed by atoms with E-state index in [0.29, 0.717) is 12.6 Å². The molecule has 0 aliphatic heterocycles. The molecule has 27 heavy (non-hydrogen) atoms. The molecule has 2 heterocycles. The molecule has 0 amide bonds. The summed E-state index contributed by atoms with van der Waals surface area (Å²) in [5, 5.41) is 15.3. The van der Waals surface area contributed by atoms with E-state index in [4.69, 9.17) is 4.99 Å². The highest BCUT2D eigenvalue weighted by Gasteiger charge is 2.15. The molecule has 1 saturated carbocycles. The van der Waals surface area contributed by atoms with Gasteiger partial charge < -0.3 is 10.6 Å². The second-order valence-corrected chi connectivity index (χ2v) is 7.37. The number of guanidine groups is 1. The summed E-state index contributed by atoms with van der Waals surface area (Å²) >= 11 is 0. The van der Waals surface area contributed by atoms with Crippen LogP contribution in [0.1, 0.15) is 64.6 Å². The molecule has 0 saturated heterocycles. The Labute approximate surface area is 179 Å². The van der Waals surface area contributed by atoms with Crippen LogP contribution in [0.15, 0.2) is 29.4 Å². The van der Waals surface area contributed by atoms with Gasteiger partial charge in [0.05, 0.1) is 0 Å². The number of nitrogens with one attached hydrogen (secondary N) is 2. The van der Waals surface area contributed by atoms with Crippen LogP contribution in [0, 0.1) is 5.92 Å².